The van der Waals surface area contributed by atoms with Gasteiger partial charge in [0.25, 0.3) is 0 Å². The lowest BCUT2D eigenvalue weighted by atomic mass is 9.91. The molecule has 0 saturated carbocycles. The van der Waals surface area contributed by atoms with Crippen LogP contribution in [-0.4, -0.2) is 56.1 Å². The van der Waals surface area contributed by atoms with Crippen molar-refractivity contribution in [2.45, 2.75) is 51.8 Å². The molecule has 3 rings (SSSR count). The summed E-state index contributed by atoms with van der Waals surface area (Å²) in [5, 5.41) is 13.8. The molecule has 0 spiro atoms. The molecular weight excluding hydrogens is 344 g/mol. The Kier molecular flexibility index (Phi) is 5.51. The highest BCUT2D eigenvalue weighted by molar-refractivity contribution is 5.88. The summed E-state index contributed by atoms with van der Waals surface area (Å²) in [6.07, 6.45) is 4.70. The molecule has 1 saturated heterocycles. The van der Waals surface area contributed by atoms with E-state index in [9.17, 15) is 14.7 Å². The van der Waals surface area contributed by atoms with Crippen LogP contribution in [0.4, 0.5) is 0 Å². The average Bonchev–Trinajstić information content (AvgIpc) is 3.04. The Balaban J connectivity index is 1.59. The van der Waals surface area contributed by atoms with Gasteiger partial charge in [0.05, 0.1) is 23.2 Å². The number of carbonyl (C=O) groups excluding carboxylic acids is 2. The third-order valence-electron chi connectivity index (χ3n) is 5.26. The highest BCUT2D eigenvalue weighted by Crippen LogP contribution is 2.26. The monoisotopic (exact) mass is 372 g/mol. The van der Waals surface area contributed by atoms with Gasteiger partial charge in [0, 0.05) is 31.4 Å². The van der Waals surface area contributed by atoms with E-state index in [0.29, 0.717) is 32.5 Å². The van der Waals surface area contributed by atoms with Crippen LogP contribution >= 0.6 is 0 Å². The van der Waals surface area contributed by atoms with E-state index in [1.165, 1.54) is 0 Å². The van der Waals surface area contributed by atoms with Crippen LogP contribution in [0.15, 0.2) is 30.6 Å². The van der Waals surface area contributed by atoms with E-state index in [1.54, 1.807) is 31.9 Å². The second-order valence-corrected chi connectivity index (χ2v) is 7.79. The molecule has 2 N–H and O–H groups in total. The van der Waals surface area contributed by atoms with Crippen LogP contribution in [0.5, 0.6) is 0 Å². The number of rotatable bonds is 5. The van der Waals surface area contributed by atoms with Crippen molar-refractivity contribution in [2.75, 3.05) is 13.1 Å². The summed E-state index contributed by atoms with van der Waals surface area (Å²) < 4.78 is 2.02. The lowest BCUT2D eigenvalue weighted by Crippen LogP contribution is -2.53. The first kappa shape index (κ1) is 19.4. The maximum absolute atomic E-state index is 12.6. The Morgan fingerprint density at radius 3 is 2.63 bits per heavy atom. The van der Waals surface area contributed by atoms with E-state index in [-0.39, 0.29) is 17.7 Å². The van der Waals surface area contributed by atoms with Crippen LogP contribution in [0.1, 0.15) is 33.6 Å². The number of amides is 2. The standard InChI is InChI=1S/C20H28N4O3/c1-14(2)18(25)22-15(3)19(26)23-11-7-20(27,8-12-23)13-24-10-6-16-17(24)5-4-9-21-16/h4-6,9-10,14-15,27H,7-8,11-13H2,1-3H3,(H,22,25). The first-order chi connectivity index (χ1) is 12.8. The van der Waals surface area contributed by atoms with E-state index >= 15 is 0 Å². The minimum Gasteiger partial charge on any atom is -0.388 e. The topological polar surface area (TPSA) is 87.5 Å². The van der Waals surface area contributed by atoms with Gasteiger partial charge in [-0.25, -0.2) is 0 Å². The lowest BCUT2D eigenvalue weighted by Gasteiger charge is -2.39. The zero-order valence-electron chi connectivity index (χ0n) is 16.2. The van der Waals surface area contributed by atoms with Crippen molar-refractivity contribution in [1.29, 1.82) is 0 Å². The van der Waals surface area contributed by atoms with Crippen molar-refractivity contribution in [2.24, 2.45) is 5.92 Å². The molecular formula is C20H28N4O3. The average molecular weight is 372 g/mol. The van der Waals surface area contributed by atoms with Gasteiger partial charge in [-0.3, -0.25) is 14.6 Å². The van der Waals surface area contributed by atoms with Crippen LogP contribution in [-0.2, 0) is 16.1 Å². The second-order valence-electron chi connectivity index (χ2n) is 7.79. The molecule has 0 aromatic carbocycles. The Bertz CT molecular complexity index is 821. The summed E-state index contributed by atoms with van der Waals surface area (Å²) in [4.78, 5) is 30.4. The van der Waals surface area contributed by atoms with E-state index < -0.39 is 11.6 Å². The summed E-state index contributed by atoms with van der Waals surface area (Å²) in [5.74, 6) is -0.378. The Morgan fingerprint density at radius 1 is 1.26 bits per heavy atom. The fraction of sp³-hybridized carbons (Fsp3) is 0.550. The molecule has 1 unspecified atom stereocenters. The first-order valence-electron chi connectivity index (χ1n) is 9.50. The molecule has 2 amide bonds. The van der Waals surface area contributed by atoms with E-state index in [0.717, 1.165) is 11.0 Å². The molecule has 27 heavy (non-hydrogen) atoms. The van der Waals surface area contributed by atoms with Gasteiger partial charge in [-0.2, -0.15) is 0 Å². The van der Waals surface area contributed by atoms with Crippen molar-refractivity contribution in [3.8, 4) is 0 Å². The van der Waals surface area contributed by atoms with Gasteiger partial charge >= 0.3 is 0 Å². The number of nitrogens with zero attached hydrogens (tertiary/aromatic N) is 3. The third-order valence-corrected chi connectivity index (χ3v) is 5.26. The number of hydrogen-bond donors (Lipinski definition) is 2. The minimum atomic E-state index is -0.858. The van der Waals surface area contributed by atoms with E-state index in [2.05, 4.69) is 10.3 Å². The number of pyridine rings is 1. The number of aromatic nitrogens is 2. The summed E-state index contributed by atoms with van der Waals surface area (Å²) >= 11 is 0. The largest absolute Gasteiger partial charge is 0.388 e. The normalized spacial score (nSPS) is 17.9. The number of aliphatic hydroxyl groups is 1. The van der Waals surface area contributed by atoms with Crippen LogP contribution in [0.3, 0.4) is 0 Å². The number of carbonyl (C=O) groups is 2. The Labute approximate surface area is 159 Å². The smallest absolute Gasteiger partial charge is 0.244 e. The second kappa shape index (κ2) is 7.68. The van der Waals surface area contributed by atoms with Crippen molar-refractivity contribution in [3.63, 3.8) is 0 Å². The fourth-order valence-corrected chi connectivity index (χ4v) is 3.49. The summed E-state index contributed by atoms with van der Waals surface area (Å²) in [5.41, 5.74) is 1.04. The zero-order valence-corrected chi connectivity index (χ0v) is 16.2. The molecule has 2 aromatic rings. The third kappa shape index (κ3) is 4.30. The molecule has 0 aliphatic carbocycles. The quantitative estimate of drug-likeness (QED) is 0.834. The Hall–Kier alpha value is -2.41. The number of nitrogens with one attached hydrogen (secondary N) is 1. The van der Waals surface area contributed by atoms with Gasteiger partial charge in [-0.1, -0.05) is 13.8 Å². The minimum absolute atomic E-state index is 0.0957. The molecule has 1 aliphatic rings. The molecule has 1 fully saturated rings. The number of hydrogen-bond acceptors (Lipinski definition) is 4. The van der Waals surface area contributed by atoms with Crippen LogP contribution in [0.2, 0.25) is 0 Å². The summed E-state index contributed by atoms with van der Waals surface area (Å²) in [7, 11) is 0. The van der Waals surface area contributed by atoms with Gasteiger partial charge in [0.15, 0.2) is 0 Å². The van der Waals surface area contributed by atoms with Crippen LogP contribution < -0.4 is 5.32 Å². The predicted octanol–water partition coefficient (Wildman–Crippen LogP) is 1.55. The summed E-state index contributed by atoms with van der Waals surface area (Å²) in [6, 6.07) is 5.27. The molecule has 3 heterocycles. The maximum atomic E-state index is 12.6. The van der Waals surface area contributed by atoms with E-state index in [1.807, 2.05) is 29.0 Å². The Morgan fingerprint density at radius 2 is 1.96 bits per heavy atom. The molecule has 0 bridgehead atoms. The van der Waals surface area contributed by atoms with Crippen LogP contribution in [0, 0.1) is 5.92 Å². The molecule has 7 nitrogen and oxygen atoms in total. The van der Waals surface area contributed by atoms with Gasteiger partial charge in [-0.15, -0.1) is 0 Å². The molecule has 1 aliphatic heterocycles. The molecule has 2 aromatic heterocycles. The van der Waals surface area contributed by atoms with E-state index in [4.69, 9.17) is 0 Å². The molecule has 7 heteroatoms. The predicted molar refractivity (Wildman–Crippen MR) is 103 cm³/mol. The molecule has 1 atom stereocenters. The van der Waals surface area contributed by atoms with Gasteiger partial charge in [0.2, 0.25) is 11.8 Å². The van der Waals surface area contributed by atoms with Crippen molar-refractivity contribution in [1.82, 2.24) is 19.8 Å². The number of piperidine rings is 1. The van der Waals surface area contributed by atoms with Gasteiger partial charge in [0.1, 0.15) is 6.04 Å². The van der Waals surface area contributed by atoms with Crippen LogP contribution in [0.25, 0.3) is 11.0 Å². The zero-order chi connectivity index (χ0) is 19.6. The van der Waals surface area contributed by atoms with Crippen molar-refractivity contribution >= 4 is 22.8 Å². The van der Waals surface area contributed by atoms with Crippen molar-refractivity contribution in [3.05, 3.63) is 30.6 Å². The lowest BCUT2D eigenvalue weighted by molar-refractivity contribution is -0.140. The highest BCUT2D eigenvalue weighted by Gasteiger charge is 2.35. The number of fused-ring (bicyclic) bond motifs is 1. The summed E-state index contributed by atoms with van der Waals surface area (Å²) in [6.45, 7) is 6.75. The van der Waals surface area contributed by atoms with Gasteiger partial charge in [-0.05, 0) is 38.0 Å². The van der Waals surface area contributed by atoms with Gasteiger partial charge < -0.3 is 19.9 Å². The number of likely N-dealkylation sites (tertiary alicyclic amines) is 1. The molecule has 0 radical (unpaired) electrons. The SMILES string of the molecule is CC(C)C(=O)NC(C)C(=O)N1CCC(O)(Cn2ccc3ncccc32)CC1. The van der Waals surface area contributed by atoms with Crippen molar-refractivity contribution < 1.29 is 14.7 Å². The maximum Gasteiger partial charge on any atom is 0.244 e. The first-order valence-corrected chi connectivity index (χ1v) is 9.50. The highest BCUT2D eigenvalue weighted by atomic mass is 16.3. The fourth-order valence-electron chi connectivity index (χ4n) is 3.49. The molecule has 146 valence electrons.